The zero-order valence-corrected chi connectivity index (χ0v) is 28.9. The summed E-state index contributed by atoms with van der Waals surface area (Å²) in [4.78, 5) is 18.5. The topological polar surface area (TPSA) is 93.1 Å². The number of aliphatic hydroxyl groups is 1. The van der Waals surface area contributed by atoms with Gasteiger partial charge in [-0.3, -0.25) is 9.88 Å². The van der Waals surface area contributed by atoms with Crippen LogP contribution in [0.1, 0.15) is 63.9 Å². The predicted molar refractivity (Wildman–Crippen MR) is 187 cm³/mol. The second-order valence-corrected chi connectivity index (χ2v) is 15.3. The van der Waals surface area contributed by atoms with Gasteiger partial charge in [0, 0.05) is 50.2 Å². The Morgan fingerprint density at radius 2 is 1.98 bits per heavy atom. The first-order valence-electron chi connectivity index (χ1n) is 18.6. The van der Waals surface area contributed by atoms with Crippen molar-refractivity contribution in [3.8, 4) is 23.0 Å². The Kier molecular flexibility index (Phi) is 8.47. The van der Waals surface area contributed by atoms with E-state index in [0.29, 0.717) is 83.9 Å². The lowest BCUT2D eigenvalue weighted by Crippen LogP contribution is -2.43. The zero-order valence-electron chi connectivity index (χ0n) is 28.9. The van der Waals surface area contributed by atoms with Gasteiger partial charge >= 0.3 is 6.01 Å². The number of alkyl halides is 1. The smallest absolute Gasteiger partial charge is 0.319 e. The number of aliphatic hydroxyl groups excluding tert-OH is 1. The summed E-state index contributed by atoms with van der Waals surface area (Å²) in [6.45, 7) is 5.12. The highest BCUT2D eigenvalue weighted by atomic mass is 19.1. The molecule has 1 saturated carbocycles. The van der Waals surface area contributed by atoms with Crippen LogP contribution in [-0.2, 0) is 11.2 Å². The first-order chi connectivity index (χ1) is 24.8. The summed E-state index contributed by atoms with van der Waals surface area (Å²) >= 11 is 0. The molecule has 0 amide bonds. The van der Waals surface area contributed by atoms with Crippen LogP contribution in [0, 0.1) is 23.5 Å². The lowest BCUT2D eigenvalue weighted by atomic mass is 9.94. The van der Waals surface area contributed by atoms with E-state index in [4.69, 9.17) is 24.2 Å². The van der Waals surface area contributed by atoms with Crippen molar-refractivity contribution in [2.24, 2.45) is 11.8 Å². The molecule has 1 N–H and O–H groups in total. The van der Waals surface area contributed by atoms with Crippen LogP contribution in [0.25, 0.3) is 32.9 Å². The van der Waals surface area contributed by atoms with Gasteiger partial charge in [0.2, 0.25) is 0 Å². The Labute approximate surface area is 295 Å². The molecule has 1 aliphatic carbocycles. The van der Waals surface area contributed by atoms with Crippen molar-refractivity contribution in [3.63, 3.8) is 0 Å². The molecule has 2 bridgehead atoms. The zero-order chi connectivity index (χ0) is 34.9. The van der Waals surface area contributed by atoms with Crippen LogP contribution >= 0.6 is 0 Å². The predicted octanol–water partition coefficient (Wildman–Crippen LogP) is 6.75. The molecule has 5 aliphatic rings. The fourth-order valence-electron chi connectivity index (χ4n) is 9.61. The third-order valence-corrected chi connectivity index (χ3v) is 12.0. The van der Waals surface area contributed by atoms with Crippen LogP contribution < -0.4 is 14.4 Å². The molecule has 2 aromatic heterocycles. The fraction of sp³-hybridized carbons (Fsp3) is 0.564. The number of hydrogen-bond donors (Lipinski definition) is 1. The molecule has 9 rings (SSSR count). The van der Waals surface area contributed by atoms with E-state index in [0.717, 1.165) is 51.5 Å². The molecule has 6 heterocycles. The molecule has 4 saturated heterocycles. The molecular weight excluding hydrogens is 659 g/mol. The van der Waals surface area contributed by atoms with Gasteiger partial charge in [0.25, 0.3) is 0 Å². The van der Waals surface area contributed by atoms with E-state index in [1.165, 1.54) is 6.07 Å². The van der Waals surface area contributed by atoms with E-state index in [2.05, 4.69) is 14.8 Å². The number of hydrogen-bond acceptors (Lipinski definition) is 9. The maximum Gasteiger partial charge on any atom is 0.319 e. The second kappa shape index (κ2) is 13.0. The molecule has 12 heteroatoms. The van der Waals surface area contributed by atoms with Gasteiger partial charge in [-0.15, -0.1) is 0 Å². The van der Waals surface area contributed by atoms with Gasteiger partial charge in [-0.05, 0) is 91.9 Å². The Hall–Kier alpha value is -3.74. The fourth-order valence-corrected chi connectivity index (χ4v) is 9.61. The summed E-state index contributed by atoms with van der Waals surface area (Å²) in [5.41, 5.74) is 0.483. The van der Waals surface area contributed by atoms with Crippen molar-refractivity contribution in [3.05, 3.63) is 47.7 Å². The molecule has 5 fully saturated rings. The first-order valence-corrected chi connectivity index (χ1v) is 18.6. The molecule has 4 aliphatic heterocycles. The van der Waals surface area contributed by atoms with Gasteiger partial charge in [0.15, 0.2) is 12.1 Å². The Morgan fingerprint density at radius 1 is 1.08 bits per heavy atom. The highest BCUT2D eigenvalue weighted by Gasteiger charge is 2.49. The van der Waals surface area contributed by atoms with Crippen LogP contribution in [0.3, 0.4) is 0 Å². The SMILES string of the molecule is CCc1c(F)ccc2cc(OC3CCCCO3)cc(-c3ncc4c(N5C[C@@H]6C[C@H](C5)[C@H](O)C6)nc(OC[C@@]56CCCN5C[C@H](F)C6)nc4c3F)c12. The maximum absolute atomic E-state index is 17.3. The Bertz CT molecular complexity index is 1980. The third kappa shape index (κ3) is 5.87. The van der Waals surface area contributed by atoms with Gasteiger partial charge in [-0.25, -0.2) is 13.2 Å². The molecule has 9 nitrogen and oxygen atoms in total. The van der Waals surface area contributed by atoms with Crippen molar-refractivity contribution < 1.29 is 32.5 Å². The average Bonchev–Trinajstić information content (AvgIpc) is 3.75. The van der Waals surface area contributed by atoms with Crippen molar-refractivity contribution in [2.75, 3.05) is 44.3 Å². The summed E-state index contributed by atoms with van der Waals surface area (Å²) in [6, 6.07) is 6.70. The third-order valence-electron chi connectivity index (χ3n) is 12.0. The number of benzene rings is 2. The first kappa shape index (κ1) is 33.1. The Balaban J connectivity index is 1.17. The number of rotatable bonds is 8. The number of aryl methyl sites for hydroxylation is 1. The number of ether oxygens (including phenoxy) is 3. The number of aromatic nitrogens is 3. The Morgan fingerprint density at radius 3 is 2.80 bits per heavy atom. The van der Waals surface area contributed by atoms with Gasteiger partial charge in [-0.1, -0.05) is 13.0 Å². The summed E-state index contributed by atoms with van der Waals surface area (Å²) < 4.78 is 65.6. The number of piperidine rings is 1. The molecule has 4 aromatic rings. The van der Waals surface area contributed by atoms with E-state index in [1.54, 1.807) is 18.3 Å². The van der Waals surface area contributed by atoms with E-state index in [9.17, 15) is 9.50 Å². The number of nitrogens with zero attached hydrogens (tertiary/aromatic N) is 5. The quantitative estimate of drug-likeness (QED) is 0.214. The standard InChI is InChI=1S/C39H44F3N5O4/c1-2-27-30(41)8-7-23-14-26(51-32-6-3-4-11-49-32)15-28(33(23)27)35-34(42)36-29(17-43-35)37(46-18-22-12-24(19-46)31(48)13-22)45-38(44-36)50-21-39-9-5-10-47(39)20-25(40)16-39/h7-8,14-15,17,22,24-25,31-32,48H,2-6,9-13,16,18-21H2,1H3/t22-,24-,25-,31-,32?,39+/m1/s1. The van der Waals surface area contributed by atoms with Crippen LogP contribution in [-0.4, -0.2) is 88.5 Å². The van der Waals surface area contributed by atoms with Crippen LogP contribution in [0.2, 0.25) is 0 Å². The normalized spacial score (nSPS) is 29.3. The van der Waals surface area contributed by atoms with E-state index < -0.39 is 23.8 Å². The van der Waals surface area contributed by atoms with Crippen molar-refractivity contribution in [1.82, 2.24) is 19.9 Å². The molecule has 2 aromatic carbocycles. The summed E-state index contributed by atoms with van der Waals surface area (Å²) in [5, 5.41) is 12.4. The van der Waals surface area contributed by atoms with Crippen LogP contribution in [0.4, 0.5) is 19.0 Å². The lowest BCUT2D eigenvalue weighted by molar-refractivity contribution is -0.105. The average molecular weight is 704 g/mol. The summed E-state index contributed by atoms with van der Waals surface area (Å²) in [5.74, 6) is 0.319. The largest absolute Gasteiger partial charge is 0.465 e. The van der Waals surface area contributed by atoms with Crippen LogP contribution in [0.5, 0.6) is 11.8 Å². The molecule has 6 atom stereocenters. The number of halogens is 3. The highest BCUT2D eigenvalue weighted by molar-refractivity contribution is 6.01. The monoisotopic (exact) mass is 703 g/mol. The second-order valence-electron chi connectivity index (χ2n) is 15.3. The minimum atomic E-state index is -0.916. The minimum absolute atomic E-state index is 0.0178. The van der Waals surface area contributed by atoms with E-state index in [1.807, 2.05) is 13.0 Å². The molecule has 0 radical (unpaired) electrons. The lowest BCUT2D eigenvalue weighted by Gasteiger charge is -2.34. The highest BCUT2D eigenvalue weighted by Crippen LogP contribution is 2.44. The van der Waals surface area contributed by atoms with Gasteiger partial charge in [0.1, 0.15) is 41.4 Å². The van der Waals surface area contributed by atoms with E-state index in [-0.39, 0.29) is 41.7 Å². The van der Waals surface area contributed by atoms with Gasteiger partial charge in [-0.2, -0.15) is 9.97 Å². The van der Waals surface area contributed by atoms with Gasteiger partial charge < -0.3 is 24.2 Å². The van der Waals surface area contributed by atoms with Crippen LogP contribution in [0.15, 0.2) is 30.5 Å². The maximum atomic E-state index is 17.3. The minimum Gasteiger partial charge on any atom is -0.465 e. The van der Waals surface area contributed by atoms with Crippen molar-refractivity contribution in [2.45, 2.75) is 88.8 Å². The molecule has 51 heavy (non-hydrogen) atoms. The van der Waals surface area contributed by atoms with Crippen molar-refractivity contribution in [1.29, 1.82) is 0 Å². The summed E-state index contributed by atoms with van der Waals surface area (Å²) in [6.07, 6.45) is 6.78. The molecule has 0 spiro atoms. The number of pyridine rings is 1. The van der Waals surface area contributed by atoms with Gasteiger partial charge in [0.05, 0.1) is 23.6 Å². The molecule has 270 valence electrons. The molecular formula is C39H44F3N5O4. The van der Waals surface area contributed by atoms with E-state index >= 15 is 8.78 Å². The summed E-state index contributed by atoms with van der Waals surface area (Å²) in [7, 11) is 0. The number of fused-ring (bicyclic) bond motifs is 5. The van der Waals surface area contributed by atoms with Crippen molar-refractivity contribution >= 4 is 27.5 Å². The number of anilines is 1. The molecule has 1 unspecified atom stereocenters.